The van der Waals surface area contributed by atoms with Crippen molar-refractivity contribution in [2.24, 2.45) is 0 Å². The molecule has 2 heterocycles. The van der Waals surface area contributed by atoms with E-state index in [1.54, 1.807) is 6.92 Å². The first-order valence-electron chi connectivity index (χ1n) is 6.20. The Morgan fingerprint density at radius 1 is 1.21 bits per heavy atom. The number of aryl methyl sites for hydroxylation is 2. The van der Waals surface area contributed by atoms with Gasteiger partial charge in [0.25, 0.3) is 5.56 Å². The van der Waals surface area contributed by atoms with Crippen molar-refractivity contribution in [3.63, 3.8) is 0 Å². The summed E-state index contributed by atoms with van der Waals surface area (Å²) in [6, 6.07) is 3.38. The molecular weight excluding hydrogens is 242 g/mol. The van der Waals surface area contributed by atoms with Gasteiger partial charge >= 0.3 is 0 Å². The van der Waals surface area contributed by atoms with Gasteiger partial charge in [-0.2, -0.15) is 0 Å². The molecule has 0 aromatic carbocycles. The molecule has 0 atom stereocenters. The van der Waals surface area contributed by atoms with Crippen LogP contribution in [0, 0.1) is 13.8 Å². The average molecular weight is 259 g/mol. The Morgan fingerprint density at radius 3 is 2.68 bits per heavy atom. The highest BCUT2D eigenvalue weighted by molar-refractivity contribution is 5.35. The molecule has 0 aliphatic heterocycles. The third kappa shape index (κ3) is 3.37. The van der Waals surface area contributed by atoms with Gasteiger partial charge in [-0.1, -0.05) is 0 Å². The average Bonchev–Trinajstić information content (AvgIpc) is 2.32. The Balaban J connectivity index is 2.30. The van der Waals surface area contributed by atoms with Crippen LogP contribution >= 0.6 is 0 Å². The molecule has 2 aromatic rings. The third-order valence-corrected chi connectivity index (χ3v) is 2.59. The van der Waals surface area contributed by atoms with Gasteiger partial charge in [-0.05, 0) is 20.8 Å². The van der Waals surface area contributed by atoms with E-state index in [0.29, 0.717) is 18.1 Å². The number of aromatic nitrogens is 4. The van der Waals surface area contributed by atoms with Crippen LogP contribution in [0.25, 0.3) is 0 Å². The van der Waals surface area contributed by atoms with Gasteiger partial charge in [0.2, 0.25) is 0 Å². The van der Waals surface area contributed by atoms with E-state index >= 15 is 0 Å². The second-order valence-corrected chi connectivity index (χ2v) is 4.34. The highest BCUT2D eigenvalue weighted by Gasteiger charge is 2.04. The highest BCUT2D eigenvalue weighted by Crippen LogP contribution is 2.06. The lowest BCUT2D eigenvalue weighted by Crippen LogP contribution is -2.22. The Bertz CT molecular complexity index is 635. The van der Waals surface area contributed by atoms with Crippen LogP contribution in [-0.4, -0.2) is 26.1 Å². The van der Waals surface area contributed by atoms with Gasteiger partial charge in [0, 0.05) is 30.1 Å². The predicted molar refractivity (Wildman–Crippen MR) is 73.3 cm³/mol. The molecule has 0 fully saturated rings. The first-order chi connectivity index (χ1) is 9.08. The van der Waals surface area contributed by atoms with E-state index in [1.807, 2.05) is 19.9 Å². The van der Waals surface area contributed by atoms with E-state index in [-0.39, 0.29) is 5.56 Å². The van der Waals surface area contributed by atoms with Crippen molar-refractivity contribution in [2.75, 3.05) is 11.9 Å². The molecule has 0 aliphatic carbocycles. The van der Waals surface area contributed by atoms with Gasteiger partial charge in [0.15, 0.2) is 5.82 Å². The van der Waals surface area contributed by atoms with Crippen LogP contribution < -0.4 is 10.9 Å². The number of nitrogens with zero attached hydrogens (tertiary/aromatic N) is 4. The molecule has 6 nitrogen and oxygen atoms in total. The van der Waals surface area contributed by atoms with Gasteiger partial charge < -0.3 is 5.32 Å². The molecule has 0 spiro atoms. The lowest BCUT2D eigenvalue weighted by atomic mass is 10.4. The van der Waals surface area contributed by atoms with Crippen molar-refractivity contribution in [1.82, 2.24) is 19.5 Å². The van der Waals surface area contributed by atoms with E-state index in [0.717, 1.165) is 18.1 Å². The molecule has 0 saturated carbocycles. The molecule has 100 valence electrons. The Hall–Kier alpha value is -2.24. The summed E-state index contributed by atoms with van der Waals surface area (Å²) in [6.07, 6.45) is 1.52. The van der Waals surface area contributed by atoms with Crippen LogP contribution in [0.5, 0.6) is 0 Å². The van der Waals surface area contributed by atoms with Crippen LogP contribution in [0.2, 0.25) is 0 Å². The van der Waals surface area contributed by atoms with Crippen molar-refractivity contribution in [1.29, 1.82) is 0 Å². The topological polar surface area (TPSA) is 72.7 Å². The highest BCUT2D eigenvalue weighted by atomic mass is 16.1. The number of nitrogens with one attached hydrogen (secondary N) is 1. The number of rotatable bonds is 4. The predicted octanol–water partition coefficient (Wildman–Crippen LogP) is 1.13. The zero-order valence-corrected chi connectivity index (χ0v) is 11.3. The lowest BCUT2D eigenvalue weighted by molar-refractivity contribution is 0.690. The zero-order valence-electron chi connectivity index (χ0n) is 11.3. The van der Waals surface area contributed by atoms with Gasteiger partial charge in [-0.25, -0.2) is 15.0 Å². The summed E-state index contributed by atoms with van der Waals surface area (Å²) >= 11 is 0. The summed E-state index contributed by atoms with van der Waals surface area (Å²) in [6.45, 7) is 6.82. The molecule has 0 unspecified atom stereocenters. The van der Waals surface area contributed by atoms with E-state index in [4.69, 9.17) is 0 Å². The van der Waals surface area contributed by atoms with Crippen LogP contribution in [0.15, 0.2) is 23.3 Å². The standard InChI is InChI=1S/C13H17N5O/c1-4-14-11-5-10(3)16-12(17-11)7-18-8-15-9(2)6-13(18)19/h5-6,8H,4,7H2,1-3H3,(H,14,16,17). The van der Waals surface area contributed by atoms with Gasteiger partial charge in [0.1, 0.15) is 5.82 Å². The fourth-order valence-corrected chi connectivity index (χ4v) is 1.76. The van der Waals surface area contributed by atoms with Crippen LogP contribution in [0.4, 0.5) is 5.82 Å². The maximum absolute atomic E-state index is 11.8. The summed E-state index contributed by atoms with van der Waals surface area (Å²) < 4.78 is 1.50. The minimum atomic E-state index is -0.0948. The van der Waals surface area contributed by atoms with E-state index in [9.17, 15) is 4.79 Å². The minimum absolute atomic E-state index is 0.0948. The fraction of sp³-hybridized carbons (Fsp3) is 0.385. The number of anilines is 1. The maximum atomic E-state index is 11.8. The molecule has 1 N–H and O–H groups in total. The Labute approximate surface area is 111 Å². The van der Waals surface area contributed by atoms with Crippen LogP contribution in [0.1, 0.15) is 24.1 Å². The normalized spacial score (nSPS) is 10.5. The van der Waals surface area contributed by atoms with E-state index < -0.39 is 0 Å². The summed E-state index contributed by atoms with van der Waals surface area (Å²) in [7, 11) is 0. The molecule has 19 heavy (non-hydrogen) atoms. The molecule has 2 rings (SSSR count). The fourth-order valence-electron chi connectivity index (χ4n) is 1.76. The zero-order chi connectivity index (χ0) is 13.8. The SMILES string of the molecule is CCNc1cc(C)nc(Cn2cnc(C)cc2=O)n1. The summed E-state index contributed by atoms with van der Waals surface area (Å²) in [5, 5.41) is 3.14. The largest absolute Gasteiger partial charge is 0.370 e. The molecule has 0 bridgehead atoms. The van der Waals surface area contributed by atoms with Crippen LogP contribution in [-0.2, 0) is 6.54 Å². The van der Waals surface area contributed by atoms with Crippen molar-refractivity contribution in [2.45, 2.75) is 27.3 Å². The minimum Gasteiger partial charge on any atom is -0.370 e. The third-order valence-electron chi connectivity index (χ3n) is 2.59. The molecular formula is C13H17N5O. The van der Waals surface area contributed by atoms with Crippen LogP contribution in [0.3, 0.4) is 0 Å². The molecule has 6 heteroatoms. The number of hydrogen-bond acceptors (Lipinski definition) is 5. The van der Waals surface area contributed by atoms with Gasteiger partial charge in [-0.15, -0.1) is 0 Å². The molecule has 0 saturated heterocycles. The molecule has 0 amide bonds. The van der Waals surface area contributed by atoms with Crippen molar-refractivity contribution in [3.05, 3.63) is 46.0 Å². The Morgan fingerprint density at radius 2 is 2.00 bits per heavy atom. The molecule has 0 radical (unpaired) electrons. The molecule has 0 aliphatic rings. The number of hydrogen-bond donors (Lipinski definition) is 1. The maximum Gasteiger partial charge on any atom is 0.253 e. The second kappa shape index (κ2) is 5.60. The summed E-state index contributed by atoms with van der Waals surface area (Å²) in [5.74, 6) is 1.38. The first-order valence-corrected chi connectivity index (χ1v) is 6.20. The summed E-state index contributed by atoms with van der Waals surface area (Å²) in [5.41, 5.74) is 1.48. The van der Waals surface area contributed by atoms with Crippen molar-refractivity contribution in [3.8, 4) is 0 Å². The second-order valence-electron chi connectivity index (χ2n) is 4.34. The quantitative estimate of drug-likeness (QED) is 0.891. The first kappa shape index (κ1) is 13.2. The monoisotopic (exact) mass is 259 g/mol. The Kier molecular flexibility index (Phi) is 3.89. The van der Waals surface area contributed by atoms with Crippen molar-refractivity contribution < 1.29 is 0 Å². The van der Waals surface area contributed by atoms with Gasteiger partial charge in [-0.3, -0.25) is 9.36 Å². The lowest BCUT2D eigenvalue weighted by Gasteiger charge is -2.08. The van der Waals surface area contributed by atoms with E-state index in [2.05, 4.69) is 20.3 Å². The van der Waals surface area contributed by atoms with Crippen molar-refractivity contribution >= 4 is 5.82 Å². The van der Waals surface area contributed by atoms with Gasteiger partial charge in [0.05, 0.1) is 12.9 Å². The smallest absolute Gasteiger partial charge is 0.253 e. The van der Waals surface area contributed by atoms with E-state index in [1.165, 1.54) is 17.0 Å². The molecule has 2 aromatic heterocycles. The summed E-state index contributed by atoms with van der Waals surface area (Å²) in [4.78, 5) is 24.6.